The van der Waals surface area contributed by atoms with Gasteiger partial charge in [-0.2, -0.15) is 5.10 Å². The van der Waals surface area contributed by atoms with E-state index in [1.54, 1.807) is 0 Å². The van der Waals surface area contributed by atoms with Gasteiger partial charge < -0.3 is 5.11 Å². The van der Waals surface area contributed by atoms with E-state index in [9.17, 15) is 18.3 Å². The van der Waals surface area contributed by atoms with E-state index in [-0.39, 0.29) is 20.5 Å². The third-order valence-corrected chi connectivity index (χ3v) is 6.70. The number of aliphatic hydroxyl groups excluding tert-OH is 1. The number of aromatic amines is 1. The lowest BCUT2D eigenvalue weighted by Gasteiger charge is -2.05. The molecule has 2 N–H and O–H groups in total. The summed E-state index contributed by atoms with van der Waals surface area (Å²) >= 11 is 6.72. The van der Waals surface area contributed by atoms with Crippen molar-refractivity contribution in [2.75, 3.05) is 0 Å². The van der Waals surface area contributed by atoms with Crippen molar-refractivity contribution in [1.29, 1.82) is 0 Å². The molecule has 3 aromatic rings. The van der Waals surface area contributed by atoms with Gasteiger partial charge in [0.1, 0.15) is 16.3 Å². The Morgan fingerprint density at radius 3 is 2.60 bits per heavy atom. The summed E-state index contributed by atoms with van der Waals surface area (Å²) < 4.78 is 25.4. The van der Waals surface area contributed by atoms with Crippen LogP contribution in [0.4, 0.5) is 0 Å². The molecule has 2 aromatic heterocycles. The second-order valence-electron chi connectivity index (χ2n) is 4.81. The largest absolute Gasteiger partial charge is 0.507 e. The molecule has 128 valence electrons. The molecule has 0 saturated heterocycles. The van der Waals surface area contributed by atoms with Crippen LogP contribution in [0.25, 0.3) is 5.76 Å². The first kappa shape index (κ1) is 17.3. The zero-order valence-electron chi connectivity index (χ0n) is 12.4. The van der Waals surface area contributed by atoms with Crippen LogP contribution in [-0.4, -0.2) is 34.5 Å². The summed E-state index contributed by atoms with van der Waals surface area (Å²) in [6.45, 7) is 0. The first-order chi connectivity index (χ1) is 11.9. The molecule has 10 heteroatoms. The van der Waals surface area contributed by atoms with Crippen molar-refractivity contribution in [1.82, 2.24) is 15.2 Å². The molecule has 7 nitrogen and oxygen atoms in total. The van der Waals surface area contributed by atoms with E-state index < -0.39 is 21.4 Å². The molecule has 0 saturated carbocycles. The van der Waals surface area contributed by atoms with Crippen LogP contribution in [0.2, 0.25) is 5.02 Å². The minimum absolute atomic E-state index is 0.0350. The second kappa shape index (κ2) is 6.79. The van der Waals surface area contributed by atoms with Crippen molar-refractivity contribution in [2.24, 2.45) is 0 Å². The number of hydrogen-bond acceptors (Lipinski definition) is 7. The molecule has 0 amide bonds. The van der Waals surface area contributed by atoms with Crippen molar-refractivity contribution < 1.29 is 18.3 Å². The van der Waals surface area contributed by atoms with Gasteiger partial charge in [0.05, 0.1) is 4.90 Å². The number of benzene rings is 1. The second-order valence-corrected chi connectivity index (χ2v) is 8.30. The van der Waals surface area contributed by atoms with E-state index in [1.165, 1.54) is 35.7 Å². The van der Waals surface area contributed by atoms with E-state index in [2.05, 4.69) is 15.2 Å². The van der Waals surface area contributed by atoms with E-state index in [4.69, 9.17) is 11.6 Å². The first-order valence-electron chi connectivity index (χ1n) is 6.78. The molecule has 0 aliphatic carbocycles. The Labute approximate surface area is 151 Å². The van der Waals surface area contributed by atoms with Crippen LogP contribution in [-0.2, 0) is 9.84 Å². The zero-order valence-corrected chi connectivity index (χ0v) is 14.8. The molecule has 0 aliphatic heterocycles. The molecular formula is C15H10ClN3O4S2. The van der Waals surface area contributed by atoms with Gasteiger partial charge in [-0.05, 0) is 35.7 Å². The summed E-state index contributed by atoms with van der Waals surface area (Å²) in [5.41, 5.74) is 0.0350. The highest BCUT2D eigenvalue weighted by atomic mass is 35.5. The SMILES string of the molecule is O=C(C=C(O)c1ccsc1S(=O)(=O)c1ccc(Cl)cc1)c1ncn[nH]1. The highest BCUT2D eigenvalue weighted by molar-refractivity contribution is 7.93. The number of ketones is 1. The predicted octanol–water partition coefficient (Wildman–Crippen LogP) is 3.13. The summed E-state index contributed by atoms with van der Waals surface area (Å²) in [6.07, 6.45) is 2.04. The van der Waals surface area contributed by atoms with Gasteiger partial charge in [0.2, 0.25) is 15.6 Å². The third-order valence-electron chi connectivity index (χ3n) is 3.19. The van der Waals surface area contributed by atoms with Gasteiger partial charge in [-0.3, -0.25) is 9.89 Å². The normalized spacial score (nSPS) is 12.3. The molecule has 2 heterocycles. The molecule has 0 bridgehead atoms. The maximum Gasteiger partial charge on any atom is 0.226 e. The number of carbonyl (C=O) groups excluding carboxylic acids is 1. The van der Waals surface area contributed by atoms with E-state index in [0.717, 1.165) is 23.7 Å². The average molecular weight is 396 g/mol. The Kier molecular flexibility index (Phi) is 4.71. The fourth-order valence-electron chi connectivity index (χ4n) is 2.01. The third kappa shape index (κ3) is 3.48. The highest BCUT2D eigenvalue weighted by Crippen LogP contribution is 2.32. The number of aromatic nitrogens is 3. The van der Waals surface area contributed by atoms with Crippen LogP contribution in [0.3, 0.4) is 0 Å². The van der Waals surface area contributed by atoms with Crippen molar-refractivity contribution in [3.8, 4) is 0 Å². The fraction of sp³-hybridized carbons (Fsp3) is 0. The Hall–Kier alpha value is -2.49. The number of sulfone groups is 1. The quantitative estimate of drug-likeness (QED) is 0.390. The topological polar surface area (TPSA) is 113 Å². The van der Waals surface area contributed by atoms with Gasteiger partial charge in [-0.1, -0.05) is 11.6 Å². The highest BCUT2D eigenvalue weighted by Gasteiger charge is 2.25. The molecule has 0 radical (unpaired) electrons. The lowest BCUT2D eigenvalue weighted by atomic mass is 10.2. The number of hydrogen-bond donors (Lipinski definition) is 2. The Balaban J connectivity index is 2.00. The molecule has 0 spiro atoms. The van der Waals surface area contributed by atoms with Crippen LogP contribution in [0, 0.1) is 0 Å². The van der Waals surface area contributed by atoms with Gasteiger partial charge in [0.15, 0.2) is 5.82 Å². The average Bonchev–Trinajstić information content (AvgIpc) is 3.27. The van der Waals surface area contributed by atoms with Gasteiger partial charge in [0.25, 0.3) is 0 Å². The van der Waals surface area contributed by atoms with Crippen molar-refractivity contribution in [3.05, 3.63) is 64.5 Å². The standard InChI is InChI=1S/C15H10ClN3O4S2/c16-9-1-3-10(4-2-9)25(22,23)15-11(5-6-24-15)12(20)7-13(21)14-17-8-18-19-14/h1-8,20H,(H,17,18,19). The summed E-state index contributed by atoms with van der Waals surface area (Å²) in [5.74, 6) is -1.17. The van der Waals surface area contributed by atoms with Crippen LogP contribution in [0.5, 0.6) is 0 Å². The predicted molar refractivity (Wildman–Crippen MR) is 92.5 cm³/mol. The first-order valence-corrected chi connectivity index (χ1v) is 9.52. The van der Waals surface area contributed by atoms with Gasteiger partial charge in [-0.25, -0.2) is 13.4 Å². The maximum absolute atomic E-state index is 12.8. The number of carbonyl (C=O) groups is 1. The molecule has 0 unspecified atom stereocenters. The maximum atomic E-state index is 12.8. The van der Waals surface area contributed by atoms with Gasteiger partial charge >= 0.3 is 0 Å². The molecule has 0 atom stereocenters. The molecule has 0 fully saturated rings. The number of allylic oxidation sites excluding steroid dienone is 1. The van der Waals surface area contributed by atoms with E-state index >= 15 is 0 Å². The monoisotopic (exact) mass is 395 g/mol. The summed E-state index contributed by atoms with van der Waals surface area (Å²) in [7, 11) is -3.87. The van der Waals surface area contributed by atoms with E-state index in [0.29, 0.717) is 5.02 Å². The van der Waals surface area contributed by atoms with Crippen LogP contribution in [0.1, 0.15) is 16.2 Å². The van der Waals surface area contributed by atoms with Gasteiger partial charge in [0, 0.05) is 16.7 Å². The van der Waals surface area contributed by atoms with Crippen LogP contribution in [0.15, 0.2) is 57.2 Å². The number of thiophene rings is 1. The fourth-order valence-corrected chi connectivity index (χ4v) is 4.89. The number of H-pyrrole nitrogens is 1. The van der Waals surface area contributed by atoms with Crippen LogP contribution < -0.4 is 0 Å². The van der Waals surface area contributed by atoms with Gasteiger partial charge in [-0.15, -0.1) is 11.3 Å². The number of nitrogens with one attached hydrogen (secondary N) is 1. The zero-order chi connectivity index (χ0) is 18.0. The lowest BCUT2D eigenvalue weighted by molar-refractivity contribution is 0.103. The summed E-state index contributed by atoms with van der Waals surface area (Å²) in [4.78, 5) is 15.7. The smallest absolute Gasteiger partial charge is 0.226 e. The number of nitrogens with zero attached hydrogens (tertiary/aromatic N) is 2. The summed E-state index contributed by atoms with van der Waals surface area (Å²) in [5, 5.41) is 18.0. The summed E-state index contributed by atoms with van der Waals surface area (Å²) in [6, 6.07) is 7.10. The van der Waals surface area contributed by atoms with E-state index in [1.807, 2.05) is 0 Å². The van der Waals surface area contributed by atoms with Crippen molar-refractivity contribution >= 4 is 44.3 Å². The van der Waals surface area contributed by atoms with Crippen molar-refractivity contribution in [3.63, 3.8) is 0 Å². The van der Waals surface area contributed by atoms with Crippen molar-refractivity contribution in [2.45, 2.75) is 9.10 Å². The molecule has 25 heavy (non-hydrogen) atoms. The number of rotatable bonds is 5. The van der Waals surface area contributed by atoms with Crippen LogP contribution >= 0.6 is 22.9 Å². The Morgan fingerprint density at radius 2 is 1.96 bits per heavy atom. The Bertz CT molecular complexity index is 1040. The number of aliphatic hydroxyl groups is 1. The minimum Gasteiger partial charge on any atom is -0.507 e. The lowest BCUT2D eigenvalue weighted by Crippen LogP contribution is -2.04. The molecule has 3 rings (SSSR count). The molecule has 1 aromatic carbocycles. The number of halogens is 1. The molecular weight excluding hydrogens is 386 g/mol. The Morgan fingerprint density at radius 1 is 1.24 bits per heavy atom. The minimum atomic E-state index is -3.87. The molecule has 0 aliphatic rings.